The van der Waals surface area contributed by atoms with E-state index in [0.717, 1.165) is 13.0 Å². The monoisotopic (exact) mass is 214 g/mol. The lowest BCUT2D eigenvalue weighted by Crippen LogP contribution is -2.34. The molecule has 1 heterocycles. The molecule has 2 unspecified atom stereocenters. The molecule has 1 amide bonds. The summed E-state index contributed by atoms with van der Waals surface area (Å²) in [6.45, 7) is 3.44. The summed E-state index contributed by atoms with van der Waals surface area (Å²) in [6, 6.07) is 0.113. The van der Waals surface area contributed by atoms with Crippen molar-refractivity contribution in [2.45, 2.75) is 25.8 Å². The summed E-state index contributed by atoms with van der Waals surface area (Å²) in [7, 11) is 1.38. The van der Waals surface area contributed by atoms with Crippen LogP contribution >= 0.6 is 0 Å². The second-order valence-corrected chi connectivity index (χ2v) is 4.01. The van der Waals surface area contributed by atoms with E-state index >= 15 is 0 Å². The van der Waals surface area contributed by atoms with Crippen molar-refractivity contribution in [3.63, 3.8) is 0 Å². The van der Waals surface area contributed by atoms with Crippen LogP contribution in [0.3, 0.4) is 0 Å². The predicted octanol–water partition coefficient (Wildman–Crippen LogP) is -0.255. The number of nitrogens with two attached hydrogens (primary N) is 1. The molecule has 0 saturated carbocycles. The fraction of sp³-hybridized carbons (Fsp3) is 0.800. The van der Waals surface area contributed by atoms with Crippen LogP contribution in [0.15, 0.2) is 0 Å². The Morgan fingerprint density at radius 3 is 2.73 bits per heavy atom. The number of likely N-dealkylation sites (tertiary alicyclic amines) is 1. The van der Waals surface area contributed by atoms with Gasteiger partial charge >= 0.3 is 5.97 Å². The zero-order valence-corrected chi connectivity index (χ0v) is 9.23. The van der Waals surface area contributed by atoms with Crippen molar-refractivity contribution in [3.8, 4) is 0 Å². The highest BCUT2D eigenvalue weighted by molar-refractivity contribution is 5.77. The molecular formula is C10H18N2O3. The first-order chi connectivity index (χ1) is 7.04. The number of nitrogens with zero attached hydrogens (tertiary/aromatic N) is 1. The molecule has 1 aliphatic rings. The predicted molar refractivity (Wildman–Crippen MR) is 55.0 cm³/mol. The Morgan fingerprint density at radius 1 is 1.60 bits per heavy atom. The minimum atomic E-state index is -0.247. The van der Waals surface area contributed by atoms with Crippen LogP contribution in [-0.4, -0.2) is 43.0 Å². The van der Waals surface area contributed by atoms with E-state index in [1.54, 1.807) is 0 Å². The van der Waals surface area contributed by atoms with Gasteiger partial charge in [0.05, 0.1) is 19.4 Å². The lowest BCUT2D eigenvalue weighted by molar-refractivity contribution is -0.141. The molecule has 5 heteroatoms. The number of amides is 1. The molecule has 1 rings (SSSR count). The molecule has 0 aliphatic carbocycles. The second kappa shape index (κ2) is 5.11. The fourth-order valence-corrected chi connectivity index (χ4v) is 1.87. The van der Waals surface area contributed by atoms with Gasteiger partial charge in [-0.3, -0.25) is 14.5 Å². The fourth-order valence-electron chi connectivity index (χ4n) is 1.87. The number of esters is 1. The van der Waals surface area contributed by atoms with E-state index in [4.69, 9.17) is 5.73 Å². The molecule has 0 aromatic rings. The smallest absolute Gasteiger partial charge is 0.307 e. The van der Waals surface area contributed by atoms with E-state index < -0.39 is 0 Å². The van der Waals surface area contributed by atoms with E-state index in [0.29, 0.717) is 13.0 Å². The Morgan fingerprint density at radius 2 is 2.27 bits per heavy atom. The average Bonchev–Trinajstić information content (AvgIpc) is 2.66. The third-order valence-corrected chi connectivity index (χ3v) is 2.94. The van der Waals surface area contributed by atoms with Crippen LogP contribution in [0.4, 0.5) is 0 Å². The molecule has 1 aliphatic heterocycles. The summed E-state index contributed by atoms with van der Waals surface area (Å²) in [5.41, 5.74) is 5.23. The second-order valence-electron chi connectivity index (χ2n) is 4.01. The largest absolute Gasteiger partial charge is 0.469 e. The van der Waals surface area contributed by atoms with Gasteiger partial charge in [0.1, 0.15) is 0 Å². The quantitative estimate of drug-likeness (QED) is 0.655. The zero-order valence-electron chi connectivity index (χ0n) is 9.23. The van der Waals surface area contributed by atoms with Gasteiger partial charge in [0, 0.05) is 12.6 Å². The molecule has 2 N–H and O–H groups in total. The summed E-state index contributed by atoms with van der Waals surface area (Å²) < 4.78 is 4.60. The van der Waals surface area contributed by atoms with Gasteiger partial charge in [-0.25, -0.2) is 0 Å². The van der Waals surface area contributed by atoms with Gasteiger partial charge in [-0.1, -0.05) is 0 Å². The lowest BCUT2D eigenvalue weighted by atomic mass is 10.1. The van der Waals surface area contributed by atoms with Gasteiger partial charge < -0.3 is 10.5 Å². The van der Waals surface area contributed by atoms with Crippen molar-refractivity contribution in [1.29, 1.82) is 0 Å². The van der Waals surface area contributed by atoms with Crippen LogP contribution in [0.5, 0.6) is 0 Å². The van der Waals surface area contributed by atoms with E-state index in [2.05, 4.69) is 9.64 Å². The summed E-state index contributed by atoms with van der Waals surface area (Å²) >= 11 is 0. The molecule has 0 radical (unpaired) electrons. The third-order valence-electron chi connectivity index (χ3n) is 2.94. The Balaban J connectivity index is 2.39. The first kappa shape index (κ1) is 12.0. The number of methoxy groups -OCH3 is 1. The number of carbonyl (C=O) groups excluding carboxylic acids is 2. The van der Waals surface area contributed by atoms with Crippen molar-refractivity contribution in [1.82, 2.24) is 4.90 Å². The molecule has 0 aromatic heterocycles. The maximum absolute atomic E-state index is 11.1. The minimum absolute atomic E-state index is 0.0647. The molecule has 0 bridgehead atoms. The molecule has 15 heavy (non-hydrogen) atoms. The van der Waals surface area contributed by atoms with E-state index in [1.165, 1.54) is 7.11 Å². The topological polar surface area (TPSA) is 72.6 Å². The summed E-state index contributed by atoms with van der Waals surface area (Å²) in [6.07, 6.45) is 1.16. The number of hydrogen-bond donors (Lipinski definition) is 1. The molecule has 1 saturated heterocycles. The van der Waals surface area contributed by atoms with Crippen LogP contribution < -0.4 is 5.73 Å². The van der Waals surface area contributed by atoms with Crippen LogP contribution in [0.1, 0.15) is 19.8 Å². The standard InChI is InChI=1S/C10H18N2O3/c1-7(5-9(13)15-2)12-4-3-8(6-12)10(11)14/h7-8H,3-6H2,1-2H3,(H2,11,14). The highest BCUT2D eigenvalue weighted by Crippen LogP contribution is 2.19. The summed E-state index contributed by atoms with van der Waals surface area (Å²) in [5.74, 6) is -0.530. The van der Waals surface area contributed by atoms with Crippen LogP contribution in [-0.2, 0) is 14.3 Å². The summed E-state index contributed by atoms with van der Waals surface area (Å²) in [5, 5.41) is 0. The van der Waals surface area contributed by atoms with Crippen molar-refractivity contribution in [3.05, 3.63) is 0 Å². The van der Waals surface area contributed by atoms with Gasteiger partial charge in [-0.15, -0.1) is 0 Å². The van der Waals surface area contributed by atoms with Gasteiger partial charge in [0.25, 0.3) is 0 Å². The van der Waals surface area contributed by atoms with Crippen molar-refractivity contribution >= 4 is 11.9 Å². The first-order valence-corrected chi connectivity index (χ1v) is 5.14. The SMILES string of the molecule is COC(=O)CC(C)N1CCC(C(N)=O)C1. The van der Waals surface area contributed by atoms with Crippen LogP contribution in [0, 0.1) is 5.92 Å². The number of carbonyl (C=O) groups is 2. The number of rotatable bonds is 4. The number of ether oxygens (including phenoxy) is 1. The van der Waals surface area contributed by atoms with Crippen molar-refractivity contribution in [2.75, 3.05) is 20.2 Å². The number of hydrogen-bond acceptors (Lipinski definition) is 4. The molecule has 1 fully saturated rings. The summed E-state index contributed by atoms with van der Waals surface area (Å²) in [4.78, 5) is 24.1. The zero-order chi connectivity index (χ0) is 11.4. The van der Waals surface area contributed by atoms with E-state index in [1.807, 2.05) is 6.92 Å². The van der Waals surface area contributed by atoms with Gasteiger partial charge in [0.15, 0.2) is 0 Å². The Hall–Kier alpha value is -1.10. The third kappa shape index (κ3) is 3.20. The van der Waals surface area contributed by atoms with Gasteiger partial charge in [-0.05, 0) is 19.9 Å². The van der Waals surface area contributed by atoms with Crippen LogP contribution in [0.2, 0.25) is 0 Å². The van der Waals surface area contributed by atoms with Crippen molar-refractivity contribution in [2.24, 2.45) is 11.7 Å². The van der Waals surface area contributed by atoms with E-state index in [9.17, 15) is 9.59 Å². The molecule has 0 aromatic carbocycles. The number of primary amides is 1. The molecule has 86 valence electrons. The normalized spacial score (nSPS) is 23.7. The maximum Gasteiger partial charge on any atom is 0.307 e. The molecule has 0 spiro atoms. The lowest BCUT2D eigenvalue weighted by Gasteiger charge is -2.22. The highest BCUT2D eigenvalue weighted by Gasteiger charge is 2.30. The Kier molecular flexibility index (Phi) is 4.08. The van der Waals surface area contributed by atoms with Gasteiger partial charge in [-0.2, -0.15) is 0 Å². The maximum atomic E-state index is 11.1. The van der Waals surface area contributed by atoms with Crippen LogP contribution in [0.25, 0.3) is 0 Å². The Labute approximate surface area is 89.6 Å². The highest BCUT2D eigenvalue weighted by atomic mass is 16.5. The Bertz CT molecular complexity index is 255. The van der Waals surface area contributed by atoms with E-state index in [-0.39, 0.29) is 23.8 Å². The van der Waals surface area contributed by atoms with Crippen molar-refractivity contribution < 1.29 is 14.3 Å². The molecule has 2 atom stereocenters. The molecule has 5 nitrogen and oxygen atoms in total. The minimum Gasteiger partial charge on any atom is -0.469 e. The first-order valence-electron chi connectivity index (χ1n) is 5.14. The van der Waals surface area contributed by atoms with Gasteiger partial charge in [0.2, 0.25) is 5.91 Å². The average molecular weight is 214 g/mol. The molecular weight excluding hydrogens is 196 g/mol.